The number of rotatable bonds is 3. The predicted octanol–water partition coefficient (Wildman–Crippen LogP) is 3.09. The summed E-state index contributed by atoms with van der Waals surface area (Å²) in [6, 6.07) is 0. The number of hydrogen-bond acceptors (Lipinski definition) is 1. The van der Waals surface area contributed by atoms with Crippen LogP contribution in [0.15, 0.2) is 0 Å². The van der Waals surface area contributed by atoms with Gasteiger partial charge in [-0.3, -0.25) is 0 Å². The van der Waals surface area contributed by atoms with Gasteiger partial charge in [0.05, 0.1) is 5.41 Å². The first-order valence-electron chi connectivity index (χ1n) is 5.03. The zero-order valence-electron chi connectivity index (χ0n) is 8.55. The van der Waals surface area contributed by atoms with Crippen LogP contribution in [-0.4, -0.2) is 23.6 Å². The van der Waals surface area contributed by atoms with E-state index < -0.39 is 29.0 Å². The van der Waals surface area contributed by atoms with Gasteiger partial charge in [-0.2, -0.15) is 30.7 Å². The first kappa shape index (κ1) is 12.9. The molecule has 2 N–H and O–H groups in total. The summed E-state index contributed by atoms with van der Waals surface area (Å²) in [6.07, 6.45) is -6.91. The summed E-state index contributed by atoms with van der Waals surface area (Å²) in [5, 5.41) is 0. The zero-order valence-corrected chi connectivity index (χ0v) is 8.55. The number of alkyl halides is 7. The molecule has 0 aromatic heterocycles. The van der Waals surface area contributed by atoms with E-state index >= 15 is 0 Å². The summed E-state index contributed by atoms with van der Waals surface area (Å²) in [7, 11) is 0. The molecule has 0 spiro atoms. The Bertz CT molecular complexity index is 328. The number of hydrogen-bond donors (Lipinski definition) is 1. The highest BCUT2D eigenvalue weighted by atomic mass is 19.4. The van der Waals surface area contributed by atoms with Crippen LogP contribution in [0.25, 0.3) is 0 Å². The first-order chi connectivity index (χ1) is 7.41. The highest BCUT2D eigenvalue weighted by molar-refractivity contribution is 5.26. The zero-order chi connectivity index (χ0) is 13.3. The Morgan fingerprint density at radius 1 is 0.765 bits per heavy atom. The summed E-state index contributed by atoms with van der Waals surface area (Å²) in [4.78, 5) is 0. The minimum absolute atomic E-state index is 0.0660. The maximum absolute atomic E-state index is 13.5. The smallest absolute Gasteiger partial charge is 0.324 e. The fraction of sp³-hybridized carbons (Fsp3) is 1.00. The van der Waals surface area contributed by atoms with Crippen molar-refractivity contribution in [3.05, 3.63) is 0 Å². The van der Waals surface area contributed by atoms with Gasteiger partial charge in [-0.15, -0.1) is 0 Å². The Labute approximate surface area is 92.1 Å². The molecule has 0 heterocycles. The van der Waals surface area contributed by atoms with Gasteiger partial charge in [0, 0.05) is 5.54 Å². The Kier molecular flexibility index (Phi) is 2.20. The highest BCUT2D eigenvalue weighted by Gasteiger charge is 2.86. The lowest BCUT2D eigenvalue weighted by atomic mass is 9.83. The molecule has 0 aromatic rings. The molecule has 0 atom stereocenters. The van der Waals surface area contributed by atoms with Crippen molar-refractivity contribution < 1.29 is 30.7 Å². The van der Waals surface area contributed by atoms with E-state index in [1.165, 1.54) is 0 Å². The SMILES string of the molecule is NC1(C2(C(F)(F)C(F)(F)C(F)(F)F)CC2)CC1. The largest absolute Gasteiger partial charge is 0.459 e. The van der Waals surface area contributed by atoms with Crippen molar-refractivity contribution in [3.63, 3.8) is 0 Å². The number of halogens is 7. The molecular formula is C9H10F7N. The fourth-order valence-corrected chi connectivity index (χ4v) is 2.34. The molecule has 100 valence electrons. The topological polar surface area (TPSA) is 26.0 Å². The maximum atomic E-state index is 13.5. The third kappa shape index (κ3) is 1.36. The second-order valence-corrected chi connectivity index (χ2v) is 4.88. The van der Waals surface area contributed by atoms with Crippen molar-refractivity contribution in [2.75, 3.05) is 0 Å². The second kappa shape index (κ2) is 2.89. The standard InChI is InChI=1S/C9H10F7N/c10-7(11,8(12,13)9(14,15)16)5(1-2-5)6(17)3-4-6/h1-4,17H2. The summed E-state index contributed by atoms with van der Waals surface area (Å²) in [5.74, 6) is -11.2. The molecule has 2 fully saturated rings. The molecular weight excluding hydrogens is 255 g/mol. The Morgan fingerprint density at radius 3 is 1.41 bits per heavy atom. The van der Waals surface area contributed by atoms with Crippen molar-refractivity contribution in [1.82, 2.24) is 0 Å². The van der Waals surface area contributed by atoms with E-state index in [9.17, 15) is 30.7 Å². The first-order valence-corrected chi connectivity index (χ1v) is 5.03. The van der Waals surface area contributed by atoms with Gasteiger partial charge < -0.3 is 5.73 Å². The van der Waals surface area contributed by atoms with Gasteiger partial charge in [-0.1, -0.05) is 0 Å². The van der Waals surface area contributed by atoms with Crippen LogP contribution < -0.4 is 5.73 Å². The van der Waals surface area contributed by atoms with Crippen molar-refractivity contribution >= 4 is 0 Å². The van der Waals surface area contributed by atoms with Gasteiger partial charge in [0.25, 0.3) is 0 Å². The molecule has 0 bridgehead atoms. The monoisotopic (exact) mass is 265 g/mol. The molecule has 0 unspecified atom stereocenters. The Balaban J connectivity index is 2.37. The summed E-state index contributed by atoms with van der Waals surface area (Å²) < 4.78 is 88.9. The molecule has 8 heteroatoms. The van der Waals surface area contributed by atoms with Crippen LogP contribution >= 0.6 is 0 Å². The van der Waals surface area contributed by atoms with E-state index in [0.29, 0.717) is 0 Å². The van der Waals surface area contributed by atoms with Crippen LogP contribution in [0.3, 0.4) is 0 Å². The van der Waals surface area contributed by atoms with E-state index in [2.05, 4.69) is 0 Å². The van der Waals surface area contributed by atoms with Crippen molar-refractivity contribution in [3.8, 4) is 0 Å². The minimum atomic E-state index is -6.27. The molecule has 0 amide bonds. The highest BCUT2D eigenvalue weighted by Crippen LogP contribution is 2.73. The third-order valence-corrected chi connectivity index (χ3v) is 3.84. The van der Waals surface area contributed by atoms with Crippen LogP contribution in [0.2, 0.25) is 0 Å². The Hall–Kier alpha value is -0.530. The summed E-state index contributed by atoms with van der Waals surface area (Å²) in [5.41, 5.74) is 1.48. The van der Waals surface area contributed by atoms with Gasteiger partial charge >= 0.3 is 18.0 Å². The predicted molar refractivity (Wildman–Crippen MR) is 43.8 cm³/mol. The van der Waals surface area contributed by atoms with Crippen LogP contribution in [-0.2, 0) is 0 Å². The maximum Gasteiger partial charge on any atom is 0.459 e. The summed E-state index contributed by atoms with van der Waals surface area (Å²) in [6.45, 7) is 0. The van der Waals surface area contributed by atoms with Crippen LogP contribution in [0.1, 0.15) is 25.7 Å². The molecule has 17 heavy (non-hydrogen) atoms. The lowest BCUT2D eigenvalue weighted by Gasteiger charge is -2.37. The number of nitrogens with two attached hydrogens (primary N) is 1. The van der Waals surface area contributed by atoms with Crippen molar-refractivity contribution in [2.45, 2.75) is 49.2 Å². The van der Waals surface area contributed by atoms with Gasteiger partial charge in [0.1, 0.15) is 0 Å². The van der Waals surface area contributed by atoms with E-state index in [0.717, 1.165) is 0 Å². The van der Waals surface area contributed by atoms with E-state index in [1.807, 2.05) is 0 Å². The van der Waals surface area contributed by atoms with Crippen molar-refractivity contribution in [1.29, 1.82) is 0 Å². The third-order valence-electron chi connectivity index (χ3n) is 3.84. The van der Waals surface area contributed by atoms with Gasteiger partial charge in [-0.05, 0) is 25.7 Å². The molecule has 2 saturated carbocycles. The quantitative estimate of drug-likeness (QED) is 0.780. The minimum Gasteiger partial charge on any atom is -0.324 e. The molecule has 0 aliphatic heterocycles. The average molecular weight is 265 g/mol. The van der Waals surface area contributed by atoms with Gasteiger partial charge in [0.15, 0.2) is 0 Å². The van der Waals surface area contributed by atoms with Crippen LogP contribution in [0.5, 0.6) is 0 Å². The van der Waals surface area contributed by atoms with Crippen LogP contribution in [0, 0.1) is 5.41 Å². The Morgan fingerprint density at radius 2 is 1.18 bits per heavy atom. The van der Waals surface area contributed by atoms with Crippen LogP contribution in [0.4, 0.5) is 30.7 Å². The molecule has 0 saturated heterocycles. The average Bonchev–Trinajstić information content (AvgIpc) is 2.94. The lowest BCUT2D eigenvalue weighted by Crippen LogP contribution is -2.61. The molecule has 2 rings (SSSR count). The summed E-state index contributed by atoms with van der Waals surface area (Å²) >= 11 is 0. The van der Waals surface area contributed by atoms with Gasteiger partial charge in [-0.25, -0.2) is 0 Å². The molecule has 2 aliphatic rings. The normalized spacial score (nSPS) is 26.8. The van der Waals surface area contributed by atoms with Gasteiger partial charge in [0.2, 0.25) is 0 Å². The van der Waals surface area contributed by atoms with E-state index in [1.54, 1.807) is 0 Å². The molecule has 2 aliphatic carbocycles. The molecule has 0 radical (unpaired) electrons. The second-order valence-electron chi connectivity index (χ2n) is 4.88. The fourth-order valence-electron chi connectivity index (χ4n) is 2.34. The van der Waals surface area contributed by atoms with Crippen molar-refractivity contribution in [2.24, 2.45) is 11.1 Å². The van der Waals surface area contributed by atoms with E-state index in [4.69, 9.17) is 5.73 Å². The lowest BCUT2D eigenvalue weighted by molar-refractivity contribution is -0.372. The van der Waals surface area contributed by atoms with E-state index in [-0.39, 0.29) is 25.7 Å². The molecule has 1 nitrogen and oxygen atoms in total. The molecule has 0 aromatic carbocycles.